The molecule has 0 unspecified atom stereocenters. The van der Waals surface area contributed by atoms with Crippen molar-refractivity contribution in [1.29, 1.82) is 0 Å². The van der Waals surface area contributed by atoms with Crippen molar-refractivity contribution >= 4 is 11.8 Å². The van der Waals surface area contributed by atoms with Gasteiger partial charge < -0.3 is 9.80 Å². The van der Waals surface area contributed by atoms with Crippen molar-refractivity contribution in [2.45, 2.75) is 32.1 Å². The average Bonchev–Trinajstić information content (AvgIpc) is 3.12. The Morgan fingerprint density at radius 1 is 1.03 bits per heavy atom. The van der Waals surface area contributed by atoms with Crippen LogP contribution in [0.1, 0.15) is 31.2 Å². The Morgan fingerprint density at radius 2 is 1.72 bits per heavy atom. The van der Waals surface area contributed by atoms with Crippen molar-refractivity contribution in [2.75, 3.05) is 27.2 Å². The molecular weight excluding hydrogens is 360 g/mol. The molecule has 2 fully saturated rings. The van der Waals surface area contributed by atoms with Gasteiger partial charge in [0.05, 0.1) is 5.41 Å². The van der Waals surface area contributed by atoms with Crippen molar-refractivity contribution in [3.05, 3.63) is 60.2 Å². The van der Waals surface area contributed by atoms with Crippen molar-refractivity contribution in [3.8, 4) is 11.1 Å². The number of carbonyl (C=O) groups is 2. The highest BCUT2D eigenvalue weighted by molar-refractivity contribution is 5.86. The molecule has 1 aliphatic heterocycles. The molecule has 1 atom stereocenters. The summed E-state index contributed by atoms with van der Waals surface area (Å²) in [6, 6.07) is 18.7. The summed E-state index contributed by atoms with van der Waals surface area (Å²) in [4.78, 5) is 29.8. The molecule has 1 heterocycles. The van der Waals surface area contributed by atoms with Crippen molar-refractivity contribution in [2.24, 2.45) is 11.3 Å². The molecule has 4 heteroatoms. The average molecular weight is 391 g/mol. The van der Waals surface area contributed by atoms with Crippen molar-refractivity contribution < 1.29 is 9.59 Å². The lowest BCUT2D eigenvalue weighted by atomic mass is 9.77. The smallest absolute Gasteiger partial charge is 0.230 e. The summed E-state index contributed by atoms with van der Waals surface area (Å²) in [6.45, 7) is 1.21. The number of nitrogens with zero attached hydrogens (tertiary/aromatic N) is 2. The van der Waals surface area contributed by atoms with Gasteiger partial charge in [0.1, 0.15) is 0 Å². The molecule has 2 aromatic carbocycles. The monoisotopic (exact) mass is 390 g/mol. The largest absolute Gasteiger partial charge is 0.348 e. The van der Waals surface area contributed by atoms with E-state index in [1.54, 1.807) is 4.90 Å². The Morgan fingerprint density at radius 3 is 2.38 bits per heavy atom. The van der Waals surface area contributed by atoms with Gasteiger partial charge in [0.15, 0.2) is 0 Å². The SMILES string of the molecule is CN(C)C(=O)[C@@]1(Cc2ccccc2-c2ccccc2)CCN(C(=O)C2CCC2)C1. The molecule has 0 bridgehead atoms. The van der Waals surface area contributed by atoms with E-state index in [9.17, 15) is 9.59 Å². The first-order valence-corrected chi connectivity index (χ1v) is 10.6. The summed E-state index contributed by atoms with van der Waals surface area (Å²) in [7, 11) is 3.65. The number of likely N-dealkylation sites (tertiary alicyclic amines) is 1. The minimum atomic E-state index is -0.548. The fourth-order valence-corrected chi connectivity index (χ4v) is 4.78. The molecule has 152 valence electrons. The fraction of sp³-hybridized carbons (Fsp3) is 0.440. The van der Waals surface area contributed by atoms with Gasteiger partial charge in [0.25, 0.3) is 0 Å². The van der Waals surface area contributed by atoms with Crippen molar-refractivity contribution in [3.63, 3.8) is 0 Å². The van der Waals surface area contributed by atoms with Crippen LogP contribution >= 0.6 is 0 Å². The van der Waals surface area contributed by atoms with E-state index in [-0.39, 0.29) is 17.7 Å². The summed E-state index contributed by atoms with van der Waals surface area (Å²) < 4.78 is 0. The lowest BCUT2D eigenvalue weighted by molar-refractivity contribution is -0.141. The second-order valence-electron chi connectivity index (χ2n) is 8.82. The molecule has 4 rings (SSSR count). The Hall–Kier alpha value is -2.62. The van der Waals surface area contributed by atoms with Crippen LogP contribution in [0.3, 0.4) is 0 Å². The normalized spacial score (nSPS) is 21.7. The first-order valence-electron chi connectivity index (χ1n) is 10.6. The zero-order chi connectivity index (χ0) is 20.4. The lowest BCUT2D eigenvalue weighted by Gasteiger charge is -2.33. The van der Waals surface area contributed by atoms with Crippen LogP contribution in [0.25, 0.3) is 11.1 Å². The zero-order valence-corrected chi connectivity index (χ0v) is 17.4. The van der Waals surface area contributed by atoms with Gasteiger partial charge in [-0.15, -0.1) is 0 Å². The third kappa shape index (κ3) is 3.81. The van der Waals surface area contributed by atoms with Crippen LogP contribution in [-0.4, -0.2) is 48.8 Å². The predicted molar refractivity (Wildman–Crippen MR) is 115 cm³/mol. The quantitative estimate of drug-likeness (QED) is 0.774. The number of hydrogen-bond donors (Lipinski definition) is 0. The number of benzene rings is 2. The van der Waals surface area contributed by atoms with E-state index in [0.29, 0.717) is 19.5 Å². The van der Waals surface area contributed by atoms with E-state index in [1.165, 1.54) is 11.1 Å². The number of carbonyl (C=O) groups excluding carboxylic acids is 2. The highest BCUT2D eigenvalue weighted by Crippen LogP contribution is 2.40. The zero-order valence-electron chi connectivity index (χ0n) is 17.4. The van der Waals surface area contributed by atoms with E-state index in [0.717, 1.165) is 31.2 Å². The summed E-state index contributed by atoms with van der Waals surface area (Å²) in [5.41, 5.74) is 2.96. The Bertz CT molecular complexity index is 889. The van der Waals surface area contributed by atoms with Gasteiger partial charge in [-0.1, -0.05) is 61.0 Å². The topological polar surface area (TPSA) is 40.6 Å². The number of rotatable bonds is 5. The Balaban J connectivity index is 1.65. The molecule has 1 saturated carbocycles. The molecule has 2 amide bonds. The molecule has 0 radical (unpaired) electrons. The maximum atomic E-state index is 13.3. The van der Waals surface area contributed by atoms with Gasteiger partial charge in [0.2, 0.25) is 11.8 Å². The molecule has 0 N–H and O–H groups in total. The van der Waals surface area contributed by atoms with Gasteiger partial charge in [-0.3, -0.25) is 9.59 Å². The second-order valence-corrected chi connectivity index (χ2v) is 8.82. The molecule has 4 nitrogen and oxygen atoms in total. The molecular formula is C25H30N2O2. The molecule has 29 heavy (non-hydrogen) atoms. The second kappa shape index (κ2) is 8.02. The van der Waals surface area contributed by atoms with Crippen molar-refractivity contribution in [1.82, 2.24) is 9.80 Å². The fourth-order valence-electron chi connectivity index (χ4n) is 4.78. The van der Waals surface area contributed by atoms with Crippen LogP contribution in [0, 0.1) is 11.3 Å². The highest BCUT2D eigenvalue weighted by atomic mass is 16.2. The molecule has 1 aliphatic carbocycles. The lowest BCUT2D eigenvalue weighted by Crippen LogP contribution is -2.46. The summed E-state index contributed by atoms with van der Waals surface area (Å²) >= 11 is 0. The van der Waals surface area contributed by atoms with E-state index in [4.69, 9.17) is 0 Å². The molecule has 2 aliphatic rings. The number of amides is 2. The Labute approximate surface area is 173 Å². The van der Waals surface area contributed by atoms with Gasteiger partial charge >= 0.3 is 0 Å². The molecule has 0 aromatic heterocycles. The predicted octanol–water partition coefficient (Wildman–Crippen LogP) is 4.00. The molecule has 1 saturated heterocycles. The minimum Gasteiger partial charge on any atom is -0.348 e. The van der Waals surface area contributed by atoms with Gasteiger partial charge in [-0.05, 0) is 42.4 Å². The van der Waals surface area contributed by atoms with Crippen LogP contribution in [0.2, 0.25) is 0 Å². The maximum absolute atomic E-state index is 13.3. The number of hydrogen-bond acceptors (Lipinski definition) is 2. The highest BCUT2D eigenvalue weighted by Gasteiger charge is 2.48. The van der Waals surface area contributed by atoms with E-state index in [2.05, 4.69) is 24.3 Å². The summed E-state index contributed by atoms with van der Waals surface area (Å²) in [6.07, 6.45) is 4.53. The third-order valence-electron chi connectivity index (χ3n) is 6.61. The minimum absolute atomic E-state index is 0.129. The molecule has 0 spiro atoms. The van der Waals surface area contributed by atoms with Crippen LogP contribution < -0.4 is 0 Å². The maximum Gasteiger partial charge on any atom is 0.230 e. The first-order chi connectivity index (χ1) is 14.0. The third-order valence-corrected chi connectivity index (χ3v) is 6.61. The summed E-state index contributed by atoms with van der Waals surface area (Å²) in [5, 5.41) is 0. The summed E-state index contributed by atoms with van der Waals surface area (Å²) in [5.74, 6) is 0.558. The van der Waals surface area contributed by atoms with Crippen LogP contribution in [0.5, 0.6) is 0 Å². The molecule has 2 aromatic rings. The van der Waals surface area contributed by atoms with Gasteiger partial charge in [0, 0.05) is 33.1 Å². The van der Waals surface area contributed by atoms with Gasteiger partial charge in [-0.25, -0.2) is 0 Å². The van der Waals surface area contributed by atoms with E-state index >= 15 is 0 Å². The standard InChI is InChI=1S/C25H30N2O2/c1-26(2)24(29)25(15-16-27(18-25)23(28)20-12-8-13-20)17-21-11-6-7-14-22(21)19-9-4-3-5-10-19/h3-7,9-11,14,20H,8,12-13,15-18H2,1-2H3/t25-/m1/s1. The van der Waals surface area contributed by atoms with E-state index in [1.807, 2.05) is 49.3 Å². The Kier molecular flexibility index (Phi) is 5.44. The van der Waals surface area contributed by atoms with Crippen LogP contribution in [0.4, 0.5) is 0 Å². The first kappa shape index (κ1) is 19.7. The van der Waals surface area contributed by atoms with Crippen LogP contribution in [-0.2, 0) is 16.0 Å². The van der Waals surface area contributed by atoms with Gasteiger partial charge in [-0.2, -0.15) is 0 Å². The van der Waals surface area contributed by atoms with E-state index < -0.39 is 5.41 Å². The van der Waals surface area contributed by atoms with Crippen LogP contribution in [0.15, 0.2) is 54.6 Å².